The second-order valence-electron chi connectivity index (χ2n) is 7.66. The summed E-state index contributed by atoms with van der Waals surface area (Å²) in [7, 11) is 3.41. The molecular weight excluding hydrogens is 370 g/mol. The molecule has 150 valence electrons. The topological polar surface area (TPSA) is 86.3 Å². The molecule has 0 spiro atoms. The van der Waals surface area contributed by atoms with E-state index in [1.54, 1.807) is 18.8 Å². The number of amides is 1. The van der Waals surface area contributed by atoms with Gasteiger partial charge in [0.15, 0.2) is 5.82 Å². The van der Waals surface area contributed by atoms with Crippen LogP contribution in [0.15, 0.2) is 34.9 Å². The third kappa shape index (κ3) is 3.18. The molecule has 3 heterocycles. The van der Waals surface area contributed by atoms with Crippen LogP contribution in [0, 0.1) is 0 Å². The first kappa shape index (κ1) is 17.9. The van der Waals surface area contributed by atoms with Crippen molar-refractivity contribution in [2.75, 3.05) is 13.7 Å². The van der Waals surface area contributed by atoms with Crippen molar-refractivity contribution in [1.29, 1.82) is 0 Å². The largest absolute Gasteiger partial charge is 0.496 e. The molecule has 0 radical (unpaired) electrons. The summed E-state index contributed by atoms with van der Waals surface area (Å²) in [4.78, 5) is 19.7. The van der Waals surface area contributed by atoms with Crippen molar-refractivity contribution in [2.45, 2.75) is 37.6 Å². The first-order chi connectivity index (χ1) is 14.2. The minimum atomic E-state index is -0.174. The predicted octanol–water partition coefficient (Wildman–Crippen LogP) is 3.33. The van der Waals surface area contributed by atoms with E-state index >= 15 is 0 Å². The molecule has 2 aliphatic rings. The highest BCUT2D eigenvalue weighted by Gasteiger charge is 2.37. The maximum Gasteiger partial charge on any atom is 0.272 e. The molecule has 0 N–H and O–H groups in total. The number of nitrogens with zero attached hydrogens (tertiary/aromatic N) is 5. The Morgan fingerprint density at radius 1 is 1.24 bits per heavy atom. The Morgan fingerprint density at radius 2 is 2.07 bits per heavy atom. The Morgan fingerprint density at radius 3 is 2.86 bits per heavy atom. The number of aryl methyl sites for hydroxylation is 1. The Balaban J connectivity index is 1.43. The molecule has 8 nitrogen and oxygen atoms in total. The molecule has 29 heavy (non-hydrogen) atoms. The number of carbonyl (C=O) groups excluding carboxylic acids is 1. The molecule has 1 saturated carbocycles. The van der Waals surface area contributed by atoms with Gasteiger partial charge in [-0.25, -0.2) is 0 Å². The van der Waals surface area contributed by atoms with Crippen molar-refractivity contribution in [1.82, 2.24) is 24.8 Å². The summed E-state index contributed by atoms with van der Waals surface area (Å²) in [5, 5.41) is 8.67. The van der Waals surface area contributed by atoms with E-state index in [1.807, 2.05) is 35.2 Å². The van der Waals surface area contributed by atoms with Crippen LogP contribution in [0.1, 0.15) is 59.8 Å². The molecule has 8 heteroatoms. The minimum absolute atomic E-state index is 0.0742. The number of benzene rings is 1. The molecule has 1 aromatic carbocycles. The first-order valence-corrected chi connectivity index (χ1v) is 9.97. The Bertz CT molecular complexity index is 1050. The third-order valence-electron chi connectivity index (χ3n) is 5.68. The number of hydrogen-bond acceptors (Lipinski definition) is 6. The number of rotatable bonds is 5. The lowest BCUT2D eigenvalue weighted by Gasteiger charge is -2.21. The maximum atomic E-state index is 13.3. The quantitative estimate of drug-likeness (QED) is 0.661. The normalized spacial score (nSPS) is 19.0. The monoisotopic (exact) mass is 393 g/mol. The van der Waals surface area contributed by atoms with E-state index in [1.165, 1.54) is 0 Å². The number of likely N-dealkylation sites (tertiary alicyclic amines) is 1. The highest BCUT2D eigenvalue weighted by molar-refractivity contribution is 5.94. The van der Waals surface area contributed by atoms with Crippen molar-refractivity contribution < 1.29 is 14.1 Å². The van der Waals surface area contributed by atoms with Crippen LogP contribution in [-0.4, -0.2) is 44.4 Å². The van der Waals surface area contributed by atoms with Gasteiger partial charge in [-0.15, -0.1) is 0 Å². The summed E-state index contributed by atoms with van der Waals surface area (Å²) < 4.78 is 12.6. The molecule has 2 fully saturated rings. The highest BCUT2D eigenvalue weighted by Crippen LogP contribution is 2.40. The van der Waals surface area contributed by atoms with Crippen molar-refractivity contribution in [2.24, 2.45) is 7.05 Å². The fraction of sp³-hybridized carbons (Fsp3) is 0.429. The van der Waals surface area contributed by atoms with Gasteiger partial charge in [-0.3, -0.25) is 9.48 Å². The van der Waals surface area contributed by atoms with Crippen LogP contribution >= 0.6 is 0 Å². The van der Waals surface area contributed by atoms with Crippen molar-refractivity contribution in [3.05, 3.63) is 47.7 Å². The van der Waals surface area contributed by atoms with Gasteiger partial charge in [-0.05, 0) is 43.9 Å². The predicted molar refractivity (Wildman–Crippen MR) is 104 cm³/mol. The Labute approximate surface area is 168 Å². The smallest absolute Gasteiger partial charge is 0.272 e. The summed E-state index contributed by atoms with van der Waals surface area (Å²) in [5.41, 5.74) is 2.09. The molecule has 1 aliphatic carbocycles. The minimum Gasteiger partial charge on any atom is -0.496 e. The number of carbonyl (C=O) groups is 1. The zero-order valence-corrected chi connectivity index (χ0v) is 16.5. The van der Waals surface area contributed by atoms with Crippen LogP contribution < -0.4 is 4.74 Å². The van der Waals surface area contributed by atoms with Gasteiger partial charge >= 0.3 is 0 Å². The molecule has 1 amide bonds. The standard InChI is InChI=1S/C21H23N5O3/c1-25-17(12-15(23-25)14-6-3-4-8-18(14)28-2)21(27)26-11-5-7-16(26)20-22-19(24-29-20)13-9-10-13/h3-4,6,8,12-13,16H,5,7,9-11H2,1-2H3. The zero-order chi connectivity index (χ0) is 20.0. The maximum absolute atomic E-state index is 13.3. The molecule has 1 unspecified atom stereocenters. The highest BCUT2D eigenvalue weighted by atomic mass is 16.5. The number of hydrogen-bond donors (Lipinski definition) is 0. The fourth-order valence-corrected chi connectivity index (χ4v) is 3.96. The zero-order valence-electron chi connectivity index (χ0n) is 16.5. The van der Waals surface area contributed by atoms with Crippen molar-refractivity contribution in [3.8, 4) is 17.0 Å². The van der Waals surface area contributed by atoms with Crippen LogP contribution in [0.3, 0.4) is 0 Å². The van der Waals surface area contributed by atoms with E-state index in [-0.39, 0.29) is 11.9 Å². The molecule has 2 aromatic heterocycles. The molecule has 1 aliphatic heterocycles. The summed E-state index contributed by atoms with van der Waals surface area (Å²) in [6, 6.07) is 9.30. The van der Waals surface area contributed by atoms with Gasteiger partial charge < -0.3 is 14.2 Å². The molecule has 1 saturated heterocycles. The SMILES string of the molecule is COc1ccccc1-c1cc(C(=O)N2CCCC2c2nc(C3CC3)no2)n(C)n1. The van der Waals surface area contributed by atoms with Gasteiger partial charge in [0, 0.05) is 25.1 Å². The molecule has 1 atom stereocenters. The van der Waals surface area contributed by atoms with Crippen LogP contribution in [0.2, 0.25) is 0 Å². The number of aromatic nitrogens is 4. The number of methoxy groups -OCH3 is 1. The summed E-state index contributed by atoms with van der Waals surface area (Å²) in [6.45, 7) is 0.666. The van der Waals surface area contributed by atoms with Gasteiger partial charge in [0.05, 0.1) is 12.8 Å². The van der Waals surface area contributed by atoms with Crippen LogP contribution in [0.5, 0.6) is 5.75 Å². The van der Waals surface area contributed by atoms with Gasteiger partial charge in [0.2, 0.25) is 5.89 Å². The van der Waals surface area contributed by atoms with Gasteiger partial charge in [0.1, 0.15) is 17.5 Å². The molecular formula is C21H23N5O3. The molecule has 3 aromatic rings. The van der Waals surface area contributed by atoms with E-state index in [4.69, 9.17) is 9.26 Å². The lowest BCUT2D eigenvalue weighted by atomic mass is 10.1. The van der Waals surface area contributed by atoms with Crippen LogP contribution in [-0.2, 0) is 7.05 Å². The average Bonchev–Trinajstić information content (AvgIpc) is 3.14. The lowest BCUT2D eigenvalue weighted by molar-refractivity contribution is 0.0699. The van der Waals surface area contributed by atoms with Crippen molar-refractivity contribution >= 4 is 5.91 Å². The summed E-state index contributed by atoms with van der Waals surface area (Å²) in [6.07, 6.45) is 3.98. The average molecular weight is 393 g/mol. The van der Waals surface area contributed by atoms with Gasteiger partial charge in [-0.1, -0.05) is 17.3 Å². The fourth-order valence-electron chi connectivity index (χ4n) is 3.96. The molecule has 0 bridgehead atoms. The van der Waals surface area contributed by atoms with E-state index in [9.17, 15) is 4.79 Å². The number of para-hydroxylation sites is 1. The Kier molecular flexibility index (Phi) is 4.34. The Hall–Kier alpha value is -3.16. The van der Waals surface area contributed by atoms with E-state index < -0.39 is 0 Å². The summed E-state index contributed by atoms with van der Waals surface area (Å²) >= 11 is 0. The second kappa shape index (κ2) is 7.02. The molecule has 5 rings (SSSR count). The number of ether oxygens (including phenoxy) is 1. The van der Waals surface area contributed by atoms with Gasteiger partial charge in [-0.2, -0.15) is 10.1 Å². The van der Waals surface area contributed by atoms with E-state index in [0.29, 0.717) is 29.7 Å². The second-order valence-corrected chi connectivity index (χ2v) is 7.66. The van der Waals surface area contributed by atoms with Gasteiger partial charge in [0.25, 0.3) is 5.91 Å². The third-order valence-corrected chi connectivity index (χ3v) is 5.68. The van der Waals surface area contributed by atoms with E-state index in [0.717, 1.165) is 42.8 Å². The first-order valence-electron chi connectivity index (χ1n) is 9.97. The van der Waals surface area contributed by atoms with E-state index in [2.05, 4.69) is 15.2 Å². The van der Waals surface area contributed by atoms with Crippen molar-refractivity contribution in [3.63, 3.8) is 0 Å². The van der Waals surface area contributed by atoms with Crippen LogP contribution in [0.25, 0.3) is 11.3 Å². The lowest BCUT2D eigenvalue weighted by Crippen LogP contribution is -2.32. The van der Waals surface area contributed by atoms with Crippen LogP contribution in [0.4, 0.5) is 0 Å². The summed E-state index contributed by atoms with van der Waals surface area (Å²) in [5.74, 6) is 2.40.